The first-order valence-electron chi connectivity index (χ1n) is 11.6. The van der Waals surface area contributed by atoms with E-state index in [1.807, 2.05) is 78.9 Å². The van der Waals surface area contributed by atoms with Gasteiger partial charge in [0.15, 0.2) is 0 Å². The molecule has 1 amide bonds. The van der Waals surface area contributed by atoms with Crippen LogP contribution in [0.5, 0.6) is 0 Å². The smallest absolute Gasteiger partial charge is 0.258 e. The van der Waals surface area contributed by atoms with Gasteiger partial charge in [-0.05, 0) is 53.4 Å². The molecular weight excluding hydrogens is 456 g/mol. The molecular formula is C29H26N2O3S. The van der Waals surface area contributed by atoms with E-state index in [0.29, 0.717) is 18.5 Å². The first-order chi connectivity index (χ1) is 17.0. The number of rotatable bonds is 7. The number of amides is 1. The number of carbonyl (C=O) groups is 1. The number of carbonyl (C=O) groups excluding carboxylic acids is 1. The van der Waals surface area contributed by atoms with Gasteiger partial charge in [-0.3, -0.25) is 4.79 Å². The topological polar surface area (TPSA) is 57.7 Å². The summed E-state index contributed by atoms with van der Waals surface area (Å²) in [6, 6.07) is 33.5. The van der Waals surface area contributed by atoms with Crippen molar-refractivity contribution < 1.29 is 13.2 Å². The van der Waals surface area contributed by atoms with Crippen molar-refractivity contribution in [1.82, 2.24) is 4.31 Å². The van der Waals surface area contributed by atoms with E-state index in [1.165, 1.54) is 4.31 Å². The van der Waals surface area contributed by atoms with Crippen molar-refractivity contribution in [2.24, 2.45) is 0 Å². The van der Waals surface area contributed by atoms with Crippen LogP contribution >= 0.6 is 0 Å². The maximum atomic E-state index is 13.8. The third kappa shape index (κ3) is 4.90. The Morgan fingerprint density at radius 1 is 0.743 bits per heavy atom. The molecule has 0 spiro atoms. The van der Waals surface area contributed by atoms with Crippen LogP contribution in [-0.2, 0) is 29.5 Å². The number of hydrogen-bond donors (Lipinski definition) is 0. The lowest BCUT2D eigenvalue weighted by Gasteiger charge is -2.23. The molecule has 4 aromatic rings. The molecule has 0 aliphatic carbocycles. The highest BCUT2D eigenvalue weighted by Crippen LogP contribution is 2.33. The van der Waals surface area contributed by atoms with E-state index in [-0.39, 0.29) is 23.9 Å². The van der Waals surface area contributed by atoms with Crippen molar-refractivity contribution >= 4 is 21.6 Å². The lowest BCUT2D eigenvalue weighted by atomic mass is 10.1. The summed E-state index contributed by atoms with van der Waals surface area (Å²) < 4.78 is 29.2. The van der Waals surface area contributed by atoms with Gasteiger partial charge in [-0.25, -0.2) is 8.42 Å². The van der Waals surface area contributed by atoms with Crippen LogP contribution in [0.15, 0.2) is 114 Å². The summed E-state index contributed by atoms with van der Waals surface area (Å²) in [6.07, 6.45) is 0.620. The lowest BCUT2D eigenvalue weighted by Crippen LogP contribution is -2.30. The zero-order chi connectivity index (χ0) is 24.3. The minimum absolute atomic E-state index is 0.0743. The highest BCUT2D eigenvalue weighted by atomic mass is 32.2. The van der Waals surface area contributed by atoms with Gasteiger partial charge in [0, 0.05) is 30.9 Å². The van der Waals surface area contributed by atoms with Gasteiger partial charge in [0.2, 0.25) is 10.0 Å². The minimum Gasteiger partial charge on any atom is -0.308 e. The predicted molar refractivity (Wildman–Crippen MR) is 138 cm³/mol. The number of nitrogens with zero attached hydrogens (tertiary/aromatic N) is 2. The maximum Gasteiger partial charge on any atom is 0.258 e. The summed E-state index contributed by atoms with van der Waals surface area (Å²) in [4.78, 5) is 15.0. The molecule has 0 saturated carbocycles. The second kappa shape index (κ2) is 9.86. The van der Waals surface area contributed by atoms with Gasteiger partial charge in [-0.1, -0.05) is 78.9 Å². The summed E-state index contributed by atoms with van der Waals surface area (Å²) in [5.74, 6) is -0.0743. The van der Waals surface area contributed by atoms with Crippen molar-refractivity contribution in [3.8, 4) is 0 Å². The molecule has 0 unspecified atom stereocenters. The average molecular weight is 483 g/mol. The lowest BCUT2D eigenvalue weighted by molar-refractivity contribution is 0.0989. The average Bonchev–Trinajstić information content (AvgIpc) is 3.33. The first kappa shape index (κ1) is 23.0. The van der Waals surface area contributed by atoms with Crippen molar-refractivity contribution in [2.45, 2.75) is 24.4 Å². The Bertz CT molecular complexity index is 1380. The third-order valence-corrected chi connectivity index (χ3v) is 8.04. The number of fused-ring (bicyclic) bond motifs is 1. The van der Waals surface area contributed by atoms with Gasteiger partial charge in [-0.2, -0.15) is 4.31 Å². The second-order valence-corrected chi connectivity index (χ2v) is 10.5. The van der Waals surface area contributed by atoms with Gasteiger partial charge >= 0.3 is 0 Å². The zero-order valence-electron chi connectivity index (χ0n) is 19.2. The Morgan fingerprint density at radius 3 is 1.86 bits per heavy atom. The van der Waals surface area contributed by atoms with Gasteiger partial charge in [0.1, 0.15) is 0 Å². The number of anilines is 1. The predicted octanol–water partition coefficient (Wildman–Crippen LogP) is 5.28. The zero-order valence-corrected chi connectivity index (χ0v) is 20.1. The summed E-state index contributed by atoms with van der Waals surface area (Å²) in [6.45, 7) is 1.08. The van der Waals surface area contributed by atoms with Crippen molar-refractivity contribution in [1.29, 1.82) is 0 Å². The highest BCUT2D eigenvalue weighted by molar-refractivity contribution is 7.89. The highest BCUT2D eigenvalue weighted by Gasteiger charge is 2.30. The summed E-state index contributed by atoms with van der Waals surface area (Å²) in [5.41, 5.74) is 4.11. The fraction of sp³-hybridized carbons (Fsp3) is 0.138. The number of benzene rings is 4. The summed E-state index contributed by atoms with van der Waals surface area (Å²) in [7, 11) is -3.78. The quantitative estimate of drug-likeness (QED) is 0.360. The van der Waals surface area contributed by atoms with Gasteiger partial charge < -0.3 is 4.90 Å². The molecule has 176 valence electrons. The Morgan fingerprint density at radius 2 is 1.29 bits per heavy atom. The Hall–Kier alpha value is -3.74. The Kier molecular flexibility index (Phi) is 6.49. The second-order valence-electron chi connectivity index (χ2n) is 8.61. The Labute approximate surface area is 206 Å². The minimum atomic E-state index is -3.78. The SMILES string of the molecule is O=C(c1ccccc1)N1CCc2cc(S(=O)(=O)N(Cc3ccccc3)Cc3ccccc3)ccc21. The largest absolute Gasteiger partial charge is 0.308 e. The molecule has 1 heterocycles. The van der Waals surface area contributed by atoms with E-state index in [2.05, 4.69) is 0 Å². The van der Waals surface area contributed by atoms with E-state index in [0.717, 1.165) is 22.4 Å². The van der Waals surface area contributed by atoms with E-state index in [4.69, 9.17) is 0 Å². The molecule has 0 bridgehead atoms. The standard InChI is InChI=1S/C29H26N2O3S/c32-29(25-14-8-3-9-15-25)31-19-18-26-20-27(16-17-28(26)31)35(33,34)30(21-23-10-4-1-5-11-23)22-24-12-6-2-7-13-24/h1-17,20H,18-19,21-22H2. The molecule has 35 heavy (non-hydrogen) atoms. The first-order valence-corrected chi connectivity index (χ1v) is 13.0. The molecule has 1 aliphatic heterocycles. The Balaban J connectivity index is 1.45. The monoisotopic (exact) mass is 482 g/mol. The fourth-order valence-electron chi connectivity index (χ4n) is 4.44. The van der Waals surface area contributed by atoms with E-state index in [1.54, 1.807) is 35.2 Å². The van der Waals surface area contributed by atoms with Crippen LogP contribution in [0.2, 0.25) is 0 Å². The van der Waals surface area contributed by atoms with Crippen LogP contribution in [-0.4, -0.2) is 25.2 Å². The summed E-state index contributed by atoms with van der Waals surface area (Å²) in [5, 5.41) is 0. The summed E-state index contributed by atoms with van der Waals surface area (Å²) >= 11 is 0. The molecule has 1 aliphatic rings. The molecule has 0 atom stereocenters. The van der Waals surface area contributed by atoms with Crippen LogP contribution < -0.4 is 4.90 Å². The van der Waals surface area contributed by atoms with Crippen LogP contribution in [0.3, 0.4) is 0 Å². The van der Waals surface area contributed by atoms with Crippen LogP contribution in [0.1, 0.15) is 27.0 Å². The molecule has 6 heteroatoms. The van der Waals surface area contributed by atoms with Crippen molar-refractivity contribution in [3.05, 3.63) is 131 Å². The third-order valence-electron chi connectivity index (χ3n) is 6.25. The maximum absolute atomic E-state index is 13.8. The number of sulfonamides is 1. The van der Waals surface area contributed by atoms with Crippen LogP contribution in [0.4, 0.5) is 5.69 Å². The normalized spacial score (nSPS) is 13.1. The van der Waals surface area contributed by atoms with E-state index in [9.17, 15) is 13.2 Å². The molecule has 0 radical (unpaired) electrons. The molecule has 5 rings (SSSR count). The van der Waals surface area contributed by atoms with Gasteiger partial charge in [0.25, 0.3) is 5.91 Å². The van der Waals surface area contributed by atoms with E-state index >= 15 is 0 Å². The van der Waals surface area contributed by atoms with Gasteiger partial charge in [-0.15, -0.1) is 0 Å². The fourth-order valence-corrected chi connectivity index (χ4v) is 5.90. The number of hydrogen-bond acceptors (Lipinski definition) is 3. The molecule has 5 nitrogen and oxygen atoms in total. The molecule has 0 saturated heterocycles. The van der Waals surface area contributed by atoms with Crippen molar-refractivity contribution in [2.75, 3.05) is 11.4 Å². The molecule has 4 aromatic carbocycles. The van der Waals surface area contributed by atoms with Crippen molar-refractivity contribution in [3.63, 3.8) is 0 Å². The van der Waals surface area contributed by atoms with Crippen LogP contribution in [0, 0.1) is 0 Å². The van der Waals surface area contributed by atoms with Crippen LogP contribution in [0.25, 0.3) is 0 Å². The molecule has 0 fully saturated rings. The van der Waals surface area contributed by atoms with E-state index < -0.39 is 10.0 Å². The van der Waals surface area contributed by atoms with Gasteiger partial charge in [0.05, 0.1) is 4.90 Å². The molecule has 0 aromatic heterocycles. The molecule has 0 N–H and O–H groups in total.